The number of aromatic nitrogens is 1. The van der Waals surface area contributed by atoms with Gasteiger partial charge in [0.05, 0.1) is 39.4 Å². The fourth-order valence-electron chi connectivity index (χ4n) is 7.64. The number of nitrogens with zero attached hydrogens (tertiary/aromatic N) is 1. The van der Waals surface area contributed by atoms with Crippen LogP contribution in [0, 0.1) is 16.7 Å². The van der Waals surface area contributed by atoms with Crippen molar-refractivity contribution < 1.29 is 85.5 Å². The van der Waals surface area contributed by atoms with E-state index in [0.717, 1.165) is 67.2 Å². The maximum Gasteiger partial charge on any atom is 0.302 e. The number of aldehydes is 1. The number of hydrogen-bond acceptors (Lipinski definition) is 13. The van der Waals surface area contributed by atoms with Gasteiger partial charge in [-0.3, -0.25) is 19.2 Å². The number of rotatable bonds is 21. The van der Waals surface area contributed by atoms with Crippen molar-refractivity contribution in [2.45, 2.75) is 186 Å². The molecule has 0 saturated heterocycles. The molecule has 2 saturated carbocycles. The number of aliphatic hydroxyl groups excluding tert-OH is 2. The van der Waals surface area contributed by atoms with Crippen LogP contribution in [0.25, 0.3) is 10.2 Å². The summed E-state index contributed by atoms with van der Waals surface area (Å²) in [6.07, 6.45) is 27.1. The first kappa shape index (κ1) is 63.2. The van der Waals surface area contributed by atoms with Gasteiger partial charge < -0.3 is 25.2 Å². The molecule has 4 atom stereocenters. The van der Waals surface area contributed by atoms with Crippen molar-refractivity contribution in [3.8, 4) is 0 Å². The van der Waals surface area contributed by atoms with Crippen molar-refractivity contribution in [1.29, 1.82) is 0 Å². The number of esters is 1. The van der Waals surface area contributed by atoms with Crippen LogP contribution in [0.15, 0.2) is 88.9 Å². The van der Waals surface area contributed by atoms with Crippen LogP contribution in [-0.2, 0) is 66.5 Å². The van der Waals surface area contributed by atoms with Crippen LogP contribution in [0.4, 0.5) is 0 Å². The number of aliphatic hydroxyl groups is 4. The van der Waals surface area contributed by atoms with E-state index in [4.69, 9.17) is 4.74 Å². The molecule has 2 unspecified atom stereocenters. The fourth-order valence-corrected chi connectivity index (χ4v) is 10.1. The Morgan fingerprint density at radius 1 is 0.794 bits per heavy atom. The smallest absolute Gasteiger partial charge is 0.302 e. The van der Waals surface area contributed by atoms with Crippen LogP contribution in [0.2, 0.25) is 0 Å². The Hall–Kier alpha value is -2.82. The quantitative estimate of drug-likeness (QED) is 0.0303. The monoisotopic (exact) mass is 1060 g/mol. The molecule has 1 aromatic heterocycles. The molecular formula is C53H79NO11S2Y. The third-order valence-electron chi connectivity index (χ3n) is 11.2. The number of fused-ring (bicyclic) bond motifs is 1. The molecule has 2 aliphatic rings. The second-order valence-corrected chi connectivity index (χ2v) is 23.9. The molecule has 68 heavy (non-hydrogen) atoms. The maximum atomic E-state index is 12.5. The van der Waals surface area contributed by atoms with Gasteiger partial charge in [-0.2, -0.15) is 0 Å². The number of carbonyl (C=O) groups excluding carboxylic acids is 4. The summed E-state index contributed by atoms with van der Waals surface area (Å²) in [7, 11) is -3.38. The zero-order valence-corrected chi connectivity index (χ0v) is 46.5. The van der Waals surface area contributed by atoms with Gasteiger partial charge in [0, 0.05) is 58.4 Å². The van der Waals surface area contributed by atoms with Crippen LogP contribution in [-0.4, -0.2) is 92.9 Å². The molecule has 377 valence electrons. The SMILES string of the molecule is CC(=O)OC1CC(=O)CC(C(=O)C=O)C1.CC(C)(O)/C=C\CC(C)(C)CCC/C=C/C=C1C[C@@H](O)C[C@H](O)C1.CC(C)(O)/C=C\CC(C)(C)CCC/C=C/CS(=O)(=O)c1nc2ccccc2s1.[Y]. The summed E-state index contributed by atoms with van der Waals surface area (Å²) in [4.78, 5) is 47.5. The van der Waals surface area contributed by atoms with E-state index in [2.05, 4.69) is 50.9 Å². The molecular weight excluding hydrogens is 980 g/mol. The Labute approximate surface area is 435 Å². The zero-order chi connectivity index (χ0) is 50.5. The average molecular weight is 1060 g/mol. The van der Waals surface area contributed by atoms with Gasteiger partial charge in [0.1, 0.15) is 11.9 Å². The fraction of sp³-hybridized carbons (Fsp3) is 0.604. The number of para-hydroxylation sites is 1. The van der Waals surface area contributed by atoms with Crippen LogP contribution in [0.3, 0.4) is 0 Å². The number of hydrogen-bond donors (Lipinski definition) is 4. The first-order valence-electron chi connectivity index (χ1n) is 23.5. The van der Waals surface area contributed by atoms with Crippen molar-refractivity contribution in [1.82, 2.24) is 4.98 Å². The van der Waals surface area contributed by atoms with Crippen molar-refractivity contribution in [2.24, 2.45) is 16.7 Å². The predicted molar refractivity (Wildman–Crippen MR) is 268 cm³/mol. The van der Waals surface area contributed by atoms with Gasteiger partial charge in [0.2, 0.25) is 14.2 Å². The summed E-state index contributed by atoms with van der Waals surface area (Å²) < 4.78 is 30.9. The number of carbonyl (C=O) groups is 4. The van der Waals surface area contributed by atoms with E-state index in [1.165, 1.54) is 18.3 Å². The zero-order valence-electron chi connectivity index (χ0n) is 42.0. The normalized spacial score (nSPS) is 19.7. The van der Waals surface area contributed by atoms with Gasteiger partial charge in [-0.25, -0.2) is 13.4 Å². The number of sulfone groups is 1. The molecule has 15 heteroatoms. The molecule has 0 spiro atoms. The van der Waals surface area contributed by atoms with Gasteiger partial charge in [-0.1, -0.05) is 100 Å². The molecule has 4 N–H and O–H groups in total. The summed E-state index contributed by atoms with van der Waals surface area (Å²) in [5.74, 6) is -1.85. The number of allylic oxidation sites excluding steroid dienone is 6. The molecule has 0 amide bonds. The van der Waals surface area contributed by atoms with Crippen LogP contribution in [0.5, 0.6) is 0 Å². The van der Waals surface area contributed by atoms with E-state index in [9.17, 15) is 48.0 Å². The molecule has 4 rings (SSSR count). The summed E-state index contributed by atoms with van der Waals surface area (Å²) >= 11 is 1.23. The molecule has 12 nitrogen and oxygen atoms in total. The third kappa shape index (κ3) is 28.1. The van der Waals surface area contributed by atoms with Crippen molar-refractivity contribution in [3.05, 3.63) is 84.5 Å². The van der Waals surface area contributed by atoms with Crippen LogP contribution in [0.1, 0.15) is 152 Å². The van der Waals surface area contributed by atoms with E-state index in [0.29, 0.717) is 19.3 Å². The van der Waals surface area contributed by atoms with Crippen molar-refractivity contribution in [3.63, 3.8) is 0 Å². The van der Waals surface area contributed by atoms with Crippen LogP contribution >= 0.6 is 11.3 Å². The standard InChI is InChI=1S/C22H31NO3S2.C21H36O3.C10H12O5.Y/c1-21(2,15-11-16-22(3,4)24)14-9-5-6-10-17-28(25,26)20-23-18-12-7-8-13-19(18)27-20;1-20(2,12-9-13-21(3,4)24)11-8-6-5-7-10-17-14-18(22)16-19(23)15-17;1-6(12)15-9-3-7(10(14)5-11)2-8(13)4-9;/h6-8,10-13,16,24H,5,9,14-15,17H2,1-4H3;5,7,9-10,13,18-19,22-24H,6,8,11-12,14-16H2,1-4H3;5,7,9H,2-4H2,1H3;/b10-6+,16-11-;7-5+,13-9-;;/t;18-,19-;;/m.1../s1. The Morgan fingerprint density at radius 3 is 1.85 bits per heavy atom. The van der Waals surface area contributed by atoms with Gasteiger partial charge >= 0.3 is 5.97 Å². The largest absolute Gasteiger partial charge is 0.462 e. The first-order chi connectivity index (χ1) is 31.1. The van der Waals surface area contributed by atoms with E-state index >= 15 is 0 Å². The summed E-state index contributed by atoms with van der Waals surface area (Å²) in [5.41, 5.74) is 0.764. The Morgan fingerprint density at radius 2 is 1.34 bits per heavy atom. The summed E-state index contributed by atoms with van der Waals surface area (Å²) in [5, 5.41) is 38.7. The Balaban J connectivity index is 0.000000528. The Kier molecular flexibility index (Phi) is 28.0. The summed E-state index contributed by atoms with van der Waals surface area (Å²) in [6.45, 7) is 17.3. The number of ether oxygens (including phenoxy) is 1. The number of Topliss-reactive ketones (excluding diaryl/α,β-unsaturated/α-hetero) is 2. The second kappa shape index (κ2) is 30.2. The summed E-state index contributed by atoms with van der Waals surface area (Å²) in [6, 6.07) is 7.47. The minimum absolute atomic E-state index is 0. The topological polar surface area (TPSA) is 205 Å². The second-order valence-electron chi connectivity index (χ2n) is 20.7. The molecule has 0 aliphatic heterocycles. The Bertz CT molecular complexity index is 2110. The average Bonchev–Trinajstić information content (AvgIpc) is 3.65. The van der Waals surface area contributed by atoms with Gasteiger partial charge in [0.25, 0.3) is 0 Å². The number of unbranched alkanes of at least 4 members (excludes halogenated alkanes) is 2. The van der Waals surface area contributed by atoms with Gasteiger partial charge in [0.15, 0.2) is 12.1 Å². The predicted octanol–water partition coefficient (Wildman–Crippen LogP) is 9.88. The van der Waals surface area contributed by atoms with Crippen LogP contribution < -0.4 is 0 Å². The minimum Gasteiger partial charge on any atom is -0.462 e. The van der Waals surface area contributed by atoms with Gasteiger partial charge in [-0.15, -0.1) is 11.3 Å². The number of ketones is 2. The molecule has 2 aliphatic carbocycles. The van der Waals surface area contributed by atoms with E-state index < -0.39 is 57.0 Å². The number of benzene rings is 1. The molecule has 2 fully saturated rings. The minimum atomic E-state index is -3.38. The molecule has 1 aromatic carbocycles. The first-order valence-corrected chi connectivity index (χ1v) is 26.0. The molecule has 1 radical (unpaired) electrons. The van der Waals surface area contributed by atoms with E-state index in [1.807, 2.05) is 54.6 Å². The van der Waals surface area contributed by atoms with Gasteiger partial charge in [-0.05, 0) is 128 Å². The molecule has 1 heterocycles. The van der Waals surface area contributed by atoms with Crippen molar-refractivity contribution in [2.75, 3.05) is 5.75 Å². The molecule has 2 aromatic rings. The van der Waals surface area contributed by atoms with E-state index in [-0.39, 0.29) is 85.0 Å². The van der Waals surface area contributed by atoms with E-state index in [1.54, 1.807) is 33.8 Å². The third-order valence-corrected chi connectivity index (χ3v) is 14.3. The number of thiazole rings is 1. The maximum absolute atomic E-state index is 12.5. The molecule has 0 bridgehead atoms. The van der Waals surface area contributed by atoms with Crippen molar-refractivity contribution >= 4 is 55.2 Å².